The number of hydrogen-bond acceptors (Lipinski definition) is 1. The van der Waals surface area contributed by atoms with Gasteiger partial charge >= 0.3 is 0 Å². The Morgan fingerprint density at radius 1 is 1.19 bits per heavy atom. The van der Waals surface area contributed by atoms with Crippen LogP contribution in [0, 0.1) is 19.7 Å². The van der Waals surface area contributed by atoms with E-state index in [4.69, 9.17) is 0 Å². The SMILES string of the molecule is C=CCN(CC=C)c1cc(C)c(C)c(F)c1. The first kappa shape index (κ1) is 12.5. The monoisotopic (exact) mass is 219 g/mol. The van der Waals surface area contributed by atoms with E-state index in [1.165, 1.54) is 0 Å². The molecule has 1 aromatic rings. The number of hydrogen-bond donors (Lipinski definition) is 0. The highest BCUT2D eigenvalue weighted by Gasteiger charge is 2.08. The van der Waals surface area contributed by atoms with Crippen molar-refractivity contribution in [3.05, 3.63) is 54.4 Å². The minimum absolute atomic E-state index is 0.159. The fraction of sp³-hybridized carbons (Fsp3) is 0.286. The van der Waals surface area contributed by atoms with E-state index in [1.807, 2.05) is 17.9 Å². The molecular formula is C14H18FN. The highest BCUT2D eigenvalue weighted by Crippen LogP contribution is 2.21. The Kier molecular flexibility index (Phi) is 4.29. The van der Waals surface area contributed by atoms with Crippen LogP contribution >= 0.6 is 0 Å². The molecule has 0 aliphatic rings. The third kappa shape index (κ3) is 2.72. The minimum Gasteiger partial charge on any atom is -0.364 e. The lowest BCUT2D eigenvalue weighted by atomic mass is 10.1. The molecule has 2 heteroatoms. The van der Waals surface area contributed by atoms with Crippen LogP contribution in [0.1, 0.15) is 11.1 Å². The third-order valence-corrected chi connectivity index (χ3v) is 2.65. The van der Waals surface area contributed by atoms with Gasteiger partial charge in [-0.2, -0.15) is 0 Å². The molecule has 0 aliphatic heterocycles. The Balaban J connectivity index is 3.08. The van der Waals surface area contributed by atoms with Crippen molar-refractivity contribution in [2.24, 2.45) is 0 Å². The van der Waals surface area contributed by atoms with E-state index in [0.717, 1.165) is 11.3 Å². The van der Waals surface area contributed by atoms with Crippen LogP contribution in [0.25, 0.3) is 0 Å². The molecule has 0 spiro atoms. The molecule has 16 heavy (non-hydrogen) atoms. The third-order valence-electron chi connectivity index (χ3n) is 2.65. The summed E-state index contributed by atoms with van der Waals surface area (Å²) in [5.74, 6) is -0.159. The van der Waals surface area contributed by atoms with Gasteiger partial charge in [-0.1, -0.05) is 12.2 Å². The summed E-state index contributed by atoms with van der Waals surface area (Å²) in [6, 6.07) is 3.56. The van der Waals surface area contributed by atoms with Crippen molar-refractivity contribution in [2.45, 2.75) is 13.8 Å². The van der Waals surface area contributed by atoms with E-state index in [-0.39, 0.29) is 5.82 Å². The van der Waals surface area contributed by atoms with Crippen LogP contribution < -0.4 is 4.90 Å². The first-order chi connectivity index (χ1) is 7.60. The van der Waals surface area contributed by atoms with Crippen molar-refractivity contribution in [2.75, 3.05) is 18.0 Å². The van der Waals surface area contributed by atoms with Crippen LogP contribution in [0.2, 0.25) is 0 Å². The number of halogens is 1. The first-order valence-electron chi connectivity index (χ1n) is 5.33. The van der Waals surface area contributed by atoms with Gasteiger partial charge in [-0.25, -0.2) is 4.39 Å². The summed E-state index contributed by atoms with van der Waals surface area (Å²) in [5, 5.41) is 0. The van der Waals surface area contributed by atoms with Crippen molar-refractivity contribution >= 4 is 5.69 Å². The molecule has 0 aliphatic carbocycles. The topological polar surface area (TPSA) is 3.24 Å². The quantitative estimate of drug-likeness (QED) is 0.684. The Labute approximate surface area is 96.9 Å². The number of benzene rings is 1. The number of aryl methyl sites for hydroxylation is 1. The maximum atomic E-state index is 13.6. The standard InChI is InChI=1S/C14H18FN/c1-5-7-16(8-6-2)13-9-11(3)12(4)14(15)10-13/h5-6,9-10H,1-2,7-8H2,3-4H3. The zero-order chi connectivity index (χ0) is 12.1. The average Bonchev–Trinajstić information content (AvgIpc) is 2.25. The molecule has 0 heterocycles. The van der Waals surface area contributed by atoms with Crippen LogP contribution in [-0.2, 0) is 0 Å². The predicted molar refractivity (Wildman–Crippen MR) is 68.5 cm³/mol. The van der Waals surface area contributed by atoms with E-state index in [9.17, 15) is 4.39 Å². The second-order valence-corrected chi connectivity index (χ2v) is 3.85. The van der Waals surface area contributed by atoms with E-state index in [0.29, 0.717) is 18.7 Å². The molecule has 0 radical (unpaired) electrons. The summed E-state index contributed by atoms with van der Waals surface area (Å²) in [6.07, 6.45) is 3.60. The molecule has 0 bridgehead atoms. The number of nitrogens with zero attached hydrogens (tertiary/aromatic N) is 1. The van der Waals surface area contributed by atoms with Gasteiger partial charge in [0.25, 0.3) is 0 Å². The molecule has 0 fully saturated rings. The van der Waals surface area contributed by atoms with Gasteiger partial charge in [0.15, 0.2) is 0 Å². The van der Waals surface area contributed by atoms with Gasteiger partial charge in [0.2, 0.25) is 0 Å². The highest BCUT2D eigenvalue weighted by atomic mass is 19.1. The van der Waals surface area contributed by atoms with Crippen LogP contribution in [0.15, 0.2) is 37.4 Å². The van der Waals surface area contributed by atoms with E-state index >= 15 is 0 Å². The van der Waals surface area contributed by atoms with Crippen molar-refractivity contribution in [3.8, 4) is 0 Å². The molecule has 0 saturated heterocycles. The Morgan fingerprint density at radius 3 is 2.19 bits per heavy atom. The first-order valence-corrected chi connectivity index (χ1v) is 5.33. The molecule has 86 valence electrons. The fourth-order valence-electron chi connectivity index (χ4n) is 1.58. The van der Waals surface area contributed by atoms with Crippen LogP contribution in [0.4, 0.5) is 10.1 Å². The van der Waals surface area contributed by atoms with Crippen molar-refractivity contribution in [1.29, 1.82) is 0 Å². The maximum Gasteiger partial charge on any atom is 0.128 e. The van der Waals surface area contributed by atoms with Crippen molar-refractivity contribution in [3.63, 3.8) is 0 Å². The summed E-state index contributed by atoms with van der Waals surface area (Å²) >= 11 is 0. The van der Waals surface area contributed by atoms with Gasteiger partial charge in [-0.3, -0.25) is 0 Å². The summed E-state index contributed by atoms with van der Waals surface area (Å²) in [6.45, 7) is 12.5. The van der Waals surface area contributed by atoms with Gasteiger partial charge in [-0.15, -0.1) is 13.2 Å². The van der Waals surface area contributed by atoms with Gasteiger partial charge < -0.3 is 4.90 Å². The molecule has 0 aromatic heterocycles. The van der Waals surface area contributed by atoms with Gasteiger partial charge in [0, 0.05) is 18.8 Å². The largest absolute Gasteiger partial charge is 0.364 e. The second kappa shape index (κ2) is 5.50. The Morgan fingerprint density at radius 2 is 1.75 bits per heavy atom. The smallest absolute Gasteiger partial charge is 0.128 e. The zero-order valence-corrected chi connectivity index (χ0v) is 9.96. The molecular weight excluding hydrogens is 201 g/mol. The Bertz CT molecular complexity index is 363. The predicted octanol–water partition coefficient (Wildman–Crippen LogP) is 3.62. The summed E-state index contributed by atoms with van der Waals surface area (Å²) in [5.41, 5.74) is 2.55. The minimum atomic E-state index is -0.159. The van der Waals surface area contributed by atoms with E-state index < -0.39 is 0 Å². The van der Waals surface area contributed by atoms with E-state index in [1.54, 1.807) is 25.1 Å². The second-order valence-electron chi connectivity index (χ2n) is 3.85. The molecule has 0 atom stereocenters. The maximum absolute atomic E-state index is 13.6. The molecule has 0 amide bonds. The molecule has 0 N–H and O–H groups in total. The molecule has 1 aromatic carbocycles. The van der Waals surface area contributed by atoms with Crippen molar-refractivity contribution < 1.29 is 4.39 Å². The molecule has 1 rings (SSSR count). The molecule has 0 saturated carbocycles. The average molecular weight is 219 g/mol. The fourth-order valence-corrected chi connectivity index (χ4v) is 1.58. The normalized spacial score (nSPS) is 9.94. The van der Waals surface area contributed by atoms with Crippen LogP contribution in [0.3, 0.4) is 0 Å². The van der Waals surface area contributed by atoms with Crippen LogP contribution in [-0.4, -0.2) is 13.1 Å². The van der Waals surface area contributed by atoms with Gasteiger partial charge in [0.05, 0.1) is 0 Å². The highest BCUT2D eigenvalue weighted by molar-refractivity contribution is 5.52. The lowest BCUT2D eigenvalue weighted by Gasteiger charge is -2.22. The van der Waals surface area contributed by atoms with Gasteiger partial charge in [0.1, 0.15) is 5.82 Å². The molecule has 1 nitrogen and oxygen atoms in total. The number of anilines is 1. The summed E-state index contributed by atoms with van der Waals surface area (Å²) in [4.78, 5) is 2.02. The lowest BCUT2D eigenvalue weighted by molar-refractivity contribution is 0.616. The molecule has 0 unspecified atom stereocenters. The summed E-state index contributed by atoms with van der Waals surface area (Å²) in [7, 11) is 0. The lowest BCUT2D eigenvalue weighted by Crippen LogP contribution is -2.23. The van der Waals surface area contributed by atoms with Gasteiger partial charge in [-0.05, 0) is 37.1 Å². The van der Waals surface area contributed by atoms with Crippen LogP contribution in [0.5, 0.6) is 0 Å². The summed E-state index contributed by atoms with van der Waals surface area (Å²) < 4.78 is 13.6. The zero-order valence-electron chi connectivity index (χ0n) is 9.96. The van der Waals surface area contributed by atoms with Crippen molar-refractivity contribution in [1.82, 2.24) is 0 Å². The number of rotatable bonds is 5. The Hall–Kier alpha value is -1.57. The van der Waals surface area contributed by atoms with E-state index in [2.05, 4.69) is 13.2 Å².